The summed E-state index contributed by atoms with van der Waals surface area (Å²) >= 11 is 0. The highest BCUT2D eigenvalue weighted by molar-refractivity contribution is 7.89. The van der Waals surface area contributed by atoms with Crippen LogP contribution in [0.25, 0.3) is 0 Å². The van der Waals surface area contributed by atoms with Gasteiger partial charge in [0.2, 0.25) is 15.9 Å². The van der Waals surface area contributed by atoms with Crippen LogP contribution in [0.2, 0.25) is 0 Å². The maximum atomic E-state index is 11.5. The van der Waals surface area contributed by atoms with Gasteiger partial charge in [-0.3, -0.25) is 0 Å². The lowest BCUT2D eigenvalue weighted by Crippen LogP contribution is -2.40. The molecule has 2 rings (SSSR count). The van der Waals surface area contributed by atoms with E-state index >= 15 is 0 Å². The van der Waals surface area contributed by atoms with Crippen molar-refractivity contribution in [2.45, 2.75) is 44.8 Å². The Balaban J connectivity index is 1.82. The van der Waals surface area contributed by atoms with Gasteiger partial charge in [0.15, 0.2) is 0 Å². The first-order chi connectivity index (χ1) is 10.0. The Labute approximate surface area is 125 Å². The molecule has 1 aromatic heterocycles. The lowest BCUT2D eigenvalue weighted by molar-refractivity contribution is 0.138. The van der Waals surface area contributed by atoms with E-state index < -0.39 is 10.0 Å². The number of hydrogen-bond donors (Lipinski definition) is 1. The third-order valence-corrected chi connectivity index (χ3v) is 5.01. The summed E-state index contributed by atoms with van der Waals surface area (Å²) in [6.07, 6.45) is 4.64. The first-order valence-electron chi connectivity index (χ1n) is 7.05. The van der Waals surface area contributed by atoms with Crippen molar-refractivity contribution < 1.29 is 13.2 Å². The molecule has 1 N–H and O–H groups in total. The van der Waals surface area contributed by atoms with Crippen molar-refractivity contribution >= 4 is 10.0 Å². The number of nitrogens with zero attached hydrogens (tertiary/aromatic N) is 2. The number of ether oxygens (including phenoxy) is 1. The molecule has 0 atom stereocenters. The van der Waals surface area contributed by atoms with Gasteiger partial charge in [-0.15, -0.1) is 0 Å². The van der Waals surface area contributed by atoms with Crippen LogP contribution in [-0.4, -0.2) is 31.3 Å². The fraction of sp³-hybridized carbons (Fsp3) is 0.571. The minimum atomic E-state index is -3.14. The van der Waals surface area contributed by atoms with Gasteiger partial charge in [-0.25, -0.2) is 18.1 Å². The first-order valence-corrected chi connectivity index (χ1v) is 8.70. The largest absolute Gasteiger partial charge is 0.474 e. The predicted octanol–water partition coefficient (Wildman–Crippen LogP) is 1.58. The molecule has 0 amide bonds. The molecule has 1 saturated carbocycles. The summed E-state index contributed by atoms with van der Waals surface area (Å²) in [5, 5.41) is 8.71. The molecular weight excluding hydrogens is 290 g/mol. The average molecular weight is 309 g/mol. The molecule has 0 radical (unpaired) electrons. The van der Waals surface area contributed by atoms with Crippen molar-refractivity contribution in [1.29, 1.82) is 5.26 Å². The highest BCUT2D eigenvalue weighted by atomic mass is 32.2. The van der Waals surface area contributed by atoms with Gasteiger partial charge < -0.3 is 4.74 Å². The molecule has 0 bridgehead atoms. The predicted molar refractivity (Wildman–Crippen MR) is 78.2 cm³/mol. The van der Waals surface area contributed by atoms with Gasteiger partial charge in [-0.05, 0) is 38.7 Å². The van der Waals surface area contributed by atoms with E-state index in [0.29, 0.717) is 11.4 Å². The Hall–Kier alpha value is -1.65. The van der Waals surface area contributed by atoms with E-state index in [2.05, 4.69) is 9.71 Å². The molecule has 21 heavy (non-hydrogen) atoms. The summed E-state index contributed by atoms with van der Waals surface area (Å²) in [4.78, 5) is 4.08. The van der Waals surface area contributed by atoms with E-state index in [-0.39, 0.29) is 17.9 Å². The Morgan fingerprint density at radius 1 is 1.38 bits per heavy atom. The zero-order valence-corrected chi connectivity index (χ0v) is 12.8. The number of hydrogen-bond acceptors (Lipinski definition) is 5. The summed E-state index contributed by atoms with van der Waals surface area (Å²) in [5.41, 5.74) is 0.500. The van der Waals surface area contributed by atoms with Gasteiger partial charge in [0.05, 0.1) is 11.3 Å². The van der Waals surface area contributed by atoms with Crippen LogP contribution in [0.4, 0.5) is 0 Å². The SMILES string of the molecule is CCS(=O)(=O)NC1CCC(Oc2ccc(C#N)cn2)CC1. The van der Waals surface area contributed by atoms with Crippen LogP contribution in [-0.2, 0) is 10.0 Å². The quantitative estimate of drug-likeness (QED) is 0.891. The number of pyridine rings is 1. The number of sulfonamides is 1. The molecule has 1 aliphatic carbocycles. The van der Waals surface area contributed by atoms with Crippen molar-refractivity contribution in [3.05, 3.63) is 23.9 Å². The van der Waals surface area contributed by atoms with E-state index in [1.165, 1.54) is 6.20 Å². The maximum absolute atomic E-state index is 11.5. The Morgan fingerprint density at radius 2 is 2.10 bits per heavy atom. The molecule has 1 aromatic rings. The third-order valence-electron chi connectivity index (χ3n) is 3.55. The second-order valence-corrected chi connectivity index (χ2v) is 7.15. The molecule has 1 aliphatic rings. The van der Waals surface area contributed by atoms with E-state index in [1.807, 2.05) is 6.07 Å². The van der Waals surface area contributed by atoms with Crippen LogP contribution >= 0.6 is 0 Å². The van der Waals surface area contributed by atoms with Crippen molar-refractivity contribution in [2.75, 3.05) is 5.75 Å². The van der Waals surface area contributed by atoms with Crippen molar-refractivity contribution in [1.82, 2.24) is 9.71 Å². The van der Waals surface area contributed by atoms with Gasteiger partial charge in [-0.1, -0.05) is 0 Å². The van der Waals surface area contributed by atoms with Crippen LogP contribution in [0.3, 0.4) is 0 Å². The second-order valence-electron chi connectivity index (χ2n) is 5.11. The Morgan fingerprint density at radius 3 is 2.62 bits per heavy atom. The van der Waals surface area contributed by atoms with E-state index in [1.54, 1.807) is 19.1 Å². The fourth-order valence-electron chi connectivity index (χ4n) is 2.32. The summed E-state index contributed by atoms with van der Waals surface area (Å²) < 4.78 is 31.5. The van der Waals surface area contributed by atoms with Gasteiger partial charge >= 0.3 is 0 Å². The molecule has 0 aliphatic heterocycles. The Bertz CT molecular complexity index is 599. The van der Waals surface area contributed by atoms with E-state index in [0.717, 1.165) is 25.7 Å². The molecule has 7 heteroatoms. The molecule has 114 valence electrons. The maximum Gasteiger partial charge on any atom is 0.213 e. The van der Waals surface area contributed by atoms with Crippen LogP contribution in [0.15, 0.2) is 18.3 Å². The highest BCUT2D eigenvalue weighted by Gasteiger charge is 2.25. The van der Waals surface area contributed by atoms with Crippen LogP contribution in [0.1, 0.15) is 38.2 Å². The summed E-state index contributed by atoms with van der Waals surface area (Å²) in [5.74, 6) is 0.616. The Kier molecular flexibility index (Phi) is 5.15. The molecule has 0 unspecified atom stereocenters. The van der Waals surface area contributed by atoms with Gasteiger partial charge in [0.25, 0.3) is 0 Å². The molecule has 1 heterocycles. The van der Waals surface area contributed by atoms with Gasteiger partial charge in [0.1, 0.15) is 12.2 Å². The fourth-order valence-corrected chi connectivity index (χ4v) is 3.23. The topological polar surface area (TPSA) is 92.1 Å². The molecule has 0 aromatic carbocycles. The normalized spacial score (nSPS) is 22.5. The molecule has 0 spiro atoms. The third kappa shape index (κ3) is 4.69. The zero-order valence-electron chi connectivity index (χ0n) is 11.9. The highest BCUT2D eigenvalue weighted by Crippen LogP contribution is 2.23. The van der Waals surface area contributed by atoms with Gasteiger partial charge in [0, 0.05) is 18.3 Å². The van der Waals surface area contributed by atoms with E-state index in [9.17, 15) is 8.42 Å². The van der Waals surface area contributed by atoms with Crippen LogP contribution in [0, 0.1) is 11.3 Å². The molecule has 6 nitrogen and oxygen atoms in total. The van der Waals surface area contributed by atoms with Gasteiger partial charge in [-0.2, -0.15) is 5.26 Å². The number of rotatable bonds is 5. The summed E-state index contributed by atoms with van der Waals surface area (Å²) in [7, 11) is -3.14. The summed E-state index contributed by atoms with van der Waals surface area (Å²) in [6, 6.07) is 5.37. The smallest absolute Gasteiger partial charge is 0.213 e. The zero-order chi connectivity index (χ0) is 15.3. The lowest BCUT2D eigenvalue weighted by atomic mass is 9.94. The number of nitrogens with one attached hydrogen (secondary N) is 1. The average Bonchev–Trinajstić information content (AvgIpc) is 2.50. The monoisotopic (exact) mass is 309 g/mol. The van der Waals surface area contributed by atoms with Crippen LogP contribution in [0.5, 0.6) is 5.88 Å². The minimum Gasteiger partial charge on any atom is -0.474 e. The standard InChI is InChI=1S/C14H19N3O3S/c1-2-21(18,19)17-12-4-6-13(7-5-12)20-14-8-3-11(9-15)10-16-14/h3,8,10,12-13,17H,2,4-7H2,1H3. The molecular formula is C14H19N3O3S. The minimum absolute atomic E-state index is 0.00345. The first kappa shape index (κ1) is 15.7. The van der Waals surface area contributed by atoms with E-state index in [4.69, 9.17) is 10.00 Å². The number of aromatic nitrogens is 1. The van der Waals surface area contributed by atoms with Crippen molar-refractivity contribution in [2.24, 2.45) is 0 Å². The summed E-state index contributed by atoms with van der Waals surface area (Å²) in [6.45, 7) is 1.63. The van der Waals surface area contributed by atoms with Crippen molar-refractivity contribution in [3.8, 4) is 11.9 Å². The molecule has 1 fully saturated rings. The number of nitriles is 1. The molecule has 0 saturated heterocycles. The lowest BCUT2D eigenvalue weighted by Gasteiger charge is -2.28. The van der Waals surface area contributed by atoms with Crippen molar-refractivity contribution in [3.63, 3.8) is 0 Å². The second kappa shape index (κ2) is 6.87. The van der Waals surface area contributed by atoms with Crippen LogP contribution < -0.4 is 9.46 Å².